The fourth-order valence-electron chi connectivity index (χ4n) is 2.55. The van der Waals surface area contributed by atoms with Crippen LogP contribution in [-0.4, -0.2) is 33.0 Å². The van der Waals surface area contributed by atoms with Crippen LogP contribution < -0.4 is 5.32 Å². The van der Waals surface area contributed by atoms with E-state index in [2.05, 4.69) is 12.2 Å². The van der Waals surface area contributed by atoms with Gasteiger partial charge in [-0.25, -0.2) is 8.42 Å². The van der Waals surface area contributed by atoms with Gasteiger partial charge < -0.3 is 5.32 Å². The summed E-state index contributed by atoms with van der Waals surface area (Å²) in [5.41, 5.74) is 0. The van der Waals surface area contributed by atoms with Gasteiger partial charge in [0.05, 0.1) is 5.75 Å². The van der Waals surface area contributed by atoms with Crippen molar-refractivity contribution in [1.29, 1.82) is 0 Å². The van der Waals surface area contributed by atoms with Crippen molar-refractivity contribution in [3.63, 3.8) is 0 Å². The SMILES string of the molecule is CC(CNC1CCCCC1C)CS(C)(=O)=O. The molecular formula is C12H25NO2S. The largest absolute Gasteiger partial charge is 0.313 e. The van der Waals surface area contributed by atoms with Gasteiger partial charge in [0.15, 0.2) is 0 Å². The van der Waals surface area contributed by atoms with Crippen LogP contribution in [0.1, 0.15) is 39.5 Å². The number of hydrogen-bond acceptors (Lipinski definition) is 3. The lowest BCUT2D eigenvalue weighted by molar-refractivity contribution is 0.273. The third-order valence-corrected chi connectivity index (χ3v) is 4.60. The van der Waals surface area contributed by atoms with Crippen LogP contribution in [0.2, 0.25) is 0 Å². The summed E-state index contributed by atoms with van der Waals surface area (Å²) in [5, 5.41) is 3.53. The van der Waals surface area contributed by atoms with Crippen LogP contribution in [0.4, 0.5) is 0 Å². The fraction of sp³-hybridized carbons (Fsp3) is 1.00. The highest BCUT2D eigenvalue weighted by Crippen LogP contribution is 2.23. The van der Waals surface area contributed by atoms with Crippen molar-refractivity contribution in [2.24, 2.45) is 11.8 Å². The summed E-state index contributed by atoms with van der Waals surface area (Å²) in [7, 11) is -2.83. The zero-order valence-corrected chi connectivity index (χ0v) is 11.5. The van der Waals surface area contributed by atoms with Crippen molar-refractivity contribution in [2.45, 2.75) is 45.6 Å². The van der Waals surface area contributed by atoms with Gasteiger partial charge in [0, 0.05) is 12.3 Å². The highest BCUT2D eigenvalue weighted by molar-refractivity contribution is 7.90. The van der Waals surface area contributed by atoms with E-state index in [-0.39, 0.29) is 5.92 Å². The molecule has 0 aromatic rings. The maximum atomic E-state index is 11.1. The number of hydrogen-bond donors (Lipinski definition) is 1. The van der Waals surface area contributed by atoms with E-state index in [1.807, 2.05) is 6.92 Å². The van der Waals surface area contributed by atoms with E-state index in [0.29, 0.717) is 11.8 Å². The van der Waals surface area contributed by atoms with E-state index in [9.17, 15) is 8.42 Å². The summed E-state index contributed by atoms with van der Waals surface area (Å²) < 4.78 is 22.3. The molecule has 3 nitrogen and oxygen atoms in total. The van der Waals surface area contributed by atoms with Crippen LogP contribution >= 0.6 is 0 Å². The Morgan fingerprint density at radius 3 is 2.50 bits per heavy atom. The van der Waals surface area contributed by atoms with E-state index in [1.54, 1.807) is 0 Å². The van der Waals surface area contributed by atoms with Crippen LogP contribution in [0, 0.1) is 11.8 Å². The molecule has 0 aromatic heterocycles. The van der Waals surface area contributed by atoms with Gasteiger partial charge in [-0.1, -0.05) is 26.7 Å². The smallest absolute Gasteiger partial charge is 0.147 e. The van der Waals surface area contributed by atoms with Crippen LogP contribution in [0.15, 0.2) is 0 Å². The van der Waals surface area contributed by atoms with Crippen molar-refractivity contribution in [3.8, 4) is 0 Å². The van der Waals surface area contributed by atoms with Gasteiger partial charge >= 0.3 is 0 Å². The summed E-state index contributed by atoms with van der Waals surface area (Å²) in [4.78, 5) is 0. The molecule has 0 aliphatic heterocycles. The third-order valence-electron chi connectivity index (χ3n) is 3.43. The highest BCUT2D eigenvalue weighted by Gasteiger charge is 2.21. The van der Waals surface area contributed by atoms with Crippen molar-refractivity contribution in [2.75, 3.05) is 18.6 Å². The predicted octanol–water partition coefficient (Wildman–Crippen LogP) is 1.84. The van der Waals surface area contributed by atoms with Gasteiger partial charge in [-0.2, -0.15) is 0 Å². The lowest BCUT2D eigenvalue weighted by Gasteiger charge is -2.30. The second kappa shape index (κ2) is 6.01. The van der Waals surface area contributed by atoms with Gasteiger partial charge in [-0.3, -0.25) is 0 Å². The maximum absolute atomic E-state index is 11.1. The Hall–Kier alpha value is -0.0900. The molecule has 0 radical (unpaired) electrons. The Kier molecular flexibility index (Phi) is 5.25. The van der Waals surface area contributed by atoms with Crippen molar-refractivity contribution >= 4 is 9.84 Å². The lowest BCUT2D eigenvalue weighted by Crippen LogP contribution is -2.40. The minimum absolute atomic E-state index is 0.212. The van der Waals surface area contributed by atoms with Crippen LogP contribution in [0.3, 0.4) is 0 Å². The Balaban J connectivity index is 2.28. The summed E-state index contributed by atoms with van der Waals surface area (Å²) in [6.45, 7) is 5.11. The quantitative estimate of drug-likeness (QED) is 0.806. The molecule has 0 amide bonds. The normalized spacial score (nSPS) is 28.9. The van der Waals surface area contributed by atoms with E-state index < -0.39 is 9.84 Å². The number of nitrogens with one attached hydrogen (secondary N) is 1. The molecule has 16 heavy (non-hydrogen) atoms. The molecule has 0 saturated heterocycles. The van der Waals surface area contributed by atoms with E-state index in [4.69, 9.17) is 0 Å². The second-order valence-electron chi connectivity index (χ2n) is 5.47. The van der Waals surface area contributed by atoms with E-state index >= 15 is 0 Å². The molecule has 1 N–H and O–H groups in total. The first-order valence-electron chi connectivity index (χ1n) is 6.29. The zero-order valence-electron chi connectivity index (χ0n) is 10.7. The summed E-state index contributed by atoms with van der Waals surface area (Å²) in [6.07, 6.45) is 6.51. The Bertz CT molecular complexity index is 300. The fourth-order valence-corrected chi connectivity index (χ4v) is 3.70. The summed E-state index contributed by atoms with van der Waals surface area (Å²) >= 11 is 0. The molecule has 0 bridgehead atoms. The van der Waals surface area contributed by atoms with Gasteiger partial charge in [-0.05, 0) is 31.2 Å². The monoisotopic (exact) mass is 247 g/mol. The van der Waals surface area contributed by atoms with Crippen LogP contribution in [0.25, 0.3) is 0 Å². The Morgan fingerprint density at radius 1 is 1.31 bits per heavy atom. The molecule has 3 unspecified atom stereocenters. The molecule has 4 heteroatoms. The molecule has 0 aromatic carbocycles. The average Bonchev–Trinajstić information content (AvgIpc) is 2.14. The standard InChI is InChI=1S/C12H25NO2S/c1-10(9-16(3,14)15)8-13-12-7-5-4-6-11(12)2/h10-13H,4-9H2,1-3H3. The van der Waals surface area contributed by atoms with Gasteiger partial charge in [0.25, 0.3) is 0 Å². The molecule has 0 heterocycles. The number of rotatable bonds is 5. The first-order valence-corrected chi connectivity index (χ1v) is 8.35. The molecular weight excluding hydrogens is 222 g/mol. The summed E-state index contributed by atoms with van der Waals surface area (Å²) in [6, 6.07) is 0.593. The van der Waals surface area contributed by atoms with Gasteiger partial charge in [0.2, 0.25) is 0 Å². The first-order chi connectivity index (χ1) is 7.38. The molecule has 1 fully saturated rings. The molecule has 1 saturated carbocycles. The third kappa shape index (κ3) is 5.30. The second-order valence-corrected chi connectivity index (χ2v) is 7.66. The number of sulfone groups is 1. The Labute approximate surface area is 99.9 Å². The summed E-state index contributed by atoms with van der Waals surface area (Å²) in [5.74, 6) is 1.24. The van der Waals surface area contributed by atoms with Crippen molar-refractivity contribution < 1.29 is 8.42 Å². The molecule has 3 atom stereocenters. The van der Waals surface area contributed by atoms with Crippen LogP contribution in [0.5, 0.6) is 0 Å². The van der Waals surface area contributed by atoms with E-state index in [1.165, 1.54) is 31.9 Å². The van der Waals surface area contributed by atoms with E-state index in [0.717, 1.165) is 12.5 Å². The minimum Gasteiger partial charge on any atom is -0.313 e. The van der Waals surface area contributed by atoms with Gasteiger partial charge in [-0.15, -0.1) is 0 Å². The predicted molar refractivity (Wildman–Crippen MR) is 68.3 cm³/mol. The highest BCUT2D eigenvalue weighted by atomic mass is 32.2. The first kappa shape index (κ1) is 14.0. The molecule has 0 spiro atoms. The van der Waals surface area contributed by atoms with Crippen LogP contribution in [-0.2, 0) is 9.84 Å². The van der Waals surface area contributed by atoms with Gasteiger partial charge in [0.1, 0.15) is 9.84 Å². The minimum atomic E-state index is -2.83. The average molecular weight is 247 g/mol. The topological polar surface area (TPSA) is 46.2 Å². The molecule has 96 valence electrons. The molecule has 1 aliphatic rings. The van der Waals surface area contributed by atoms with Crippen molar-refractivity contribution in [3.05, 3.63) is 0 Å². The molecule has 1 aliphatic carbocycles. The lowest BCUT2D eigenvalue weighted by atomic mass is 9.86. The van der Waals surface area contributed by atoms with Crippen molar-refractivity contribution in [1.82, 2.24) is 5.32 Å². The Morgan fingerprint density at radius 2 is 1.94 bits per heavy atom. The maximum Gasteiger partial charge on any atom is 0.147 e. The zero-order chi connectivity index (χ0) is 12.2. The molecule has 1 rings (SSSR count).